The number of carbonyl (C=O) groups is 1. The highest BCUT2D eigenvalue weighted by Gasteiger charge is 2.53. The molecule has 0 radical (unpaired) electrons. The number of halogens is 2. The first-order valence-corrected chi connectivity index (χ1v) is 6.39. The Kier molecular flexibility index (Phi) is 2.77. The molecular formula is C12H12Cl2N2O. The maximum Gasteiger partial charge on any atom is 0.253 e. The third-order valence-electron chi connectivity index (χ3n) is 3.56. The molecule has 2 fully saturated rings. The van der Waals surface area contributed by atoms with Crippen LogP contribution in [0.3, 0.4) is 0 Å². The van der Waals surface area contributed by atoms with Gasteiger partial charge >= 0.3 is 0 Å². The molecule has 1 aliphatic heterocycles. The minimum atomic E-state index is -0.128. The third-order valence-corrected chi connectivity index (χ3v) is 4.13. The normalized spacial score (nSPS) is 29.9. The minimum Gasteiger partial charge on any atom is -0.349 e. The van der Waals surface area contributed by atoms with Gasteiger partial charge in [-0.2, -0.15) is 0 Å². The number of piperidine rings is 1. The summed E-state index contributed by atoms with van der Waals surface area (Å²) >= 11 is 11.8. The molecular weight excluding hydrogens is 259 g/mol. The first kappa shape index (κ1) is 11.3. The molecule has 1 aliphatic carbocycles. The Morgan fingerprint density at radius 3 is 2.71 bits per heavy atom. The average molecular weight is 271 g/mol. The molecule has 3 nitrogen and oxygen atoms in total. The van der Waals surface area contributed by atoms with Crippen LogP contribution in [0, 0.1) is 11.8 Å². The van der Waals surface area contributed by atoms with Gasteiger partial charge in [-0.15, -0.1) is 0 Å². The number of carbonyl (C=O) groups excluding carboxylic acids is 1. The molecule has 0 bridgehead atoms. The summed E-state index contributed by atoms with van der Waals surface area (Å²) in [7, 11) is 0. The van der Waals surface area contributed by atoms with E-state index in [0.717, 1.165) is 13.1 Å². The van der Waals surface area contributed by atoms with Gasteiger partial charge < -0.3 is 10.6 Å². The standard InChI is InChI=1S/C12H12Cl2N2O/c13-6-1-2-10(14)7(3-6)12(17)16-11-8-4-15-5-9(8)11/h1-3,8-9,11,15H,4-5H2,(H,16,17). The summed E-state index contributed by atoms with van der Waals surface area (Å²) in [5.74, 6) is 1.06. The highest BCUT2D eigenvalue weighted by Crippen LogP contribution is 2.41. The van der Waals surface area contributed by atoms with Gasteiger partial charge in [-0.3, -0.25) is 4.79 Å². The van der Waals surface area contributed by atoms with Crippen LogP contribution >= 0.6 is 23.2 Å². The summed E-state index contributed by atoms with van der Waals surface area (Å²) in [5, 5.41) is 7.27. The molecule has 5 heteroatoms. The number of hydrogen-bond donors (Lipinski definition) is 2. The van der Waals surface area contributed by atoms with E-state index in [1.54, 1.807) is 18.2 Å². The topological polar surface area (TPSA) is 41.1 Å². The van der Waals surface area contributed by atoms with Gasteiger partial charge in [0.05, 0.1) is 10.6 Å². The zero-order chi connectivity index (χ0) is 12.0. The first-order valence-electron chi connectivity index (χ1n) is 5.63. The molecule has 3 rings (SSSR count). The van der Waals surface area contributed by atoms with Crippen molar-refractivity contribution in [1.29, 1.82) is 0 Å². The molecule has 1 aromatic rings. The first-order chi connectivity index (χ1) is 8.16. The minimum absolute atomic E-state index is 0.128. The lowest BCUT2D eigenvalue weighted by Crippen LogP contribution is -2.32. The van der Waals surface area contributed by atoms with E-state index in [0.29, 0.717) is 33.5 Å². The van der Waals surface area contributed by atoms with Crippen LogP contribution in [0.2, 0.25) is 10.0 Å². The zero-order valence-electron chi connectivity index (χ0n) is 9.04. The van der Waals surface area contributed by atoms with Crippen molar-refractivity contribution in [2.75, 3.05) is 13.1 Å². The highest BCUT2D eigenvalue weighted by molar-refractivity contribution is 6.35. The number of benzene rings is 1. The molecule has 2 N–H and O–H groups in total. The van der Waals surface area contributed by atoms with Crippen LogP contribution < -0.4 is 10.6 Å². The summed E-state index contributed by atoms with van der Waals surface area (Å²) in [6, 6.07) is 5.24. The van der Waals surface area contributed by atoms with Crippen LogP contribution in [-0.4, -0.2) is 25.0 Å². The summed E-state index contributed by atoms with van der Waals surface area (Å²) in [6.07, 6.45) is 0. The van der Waals surface area contributed by atoms with Gasteiger partial charge in [-0.05, 0) is 30.0 Å². The molecule has 1 saturated heterocycles. The molecule has 1 heterocycles. The molecule has 0 spiro atoms. The zero-order valence-corrected chi connectivity index (χ0v) is 10.6. The molecule has 90 valence electrons. The fourth-order valence-electron chi connectivity index (χ4n) is 2.53. The lowest BCUT2D eigenvalue weighted by Gasteiger charge is -2.09. The van der Waals surface area contributed by atoms with Crippen LogP contribution in [0.15, 0.2) is 18.2 Å². The van der Waals surface area contributed by atoms with Gasteiger partial charge in [0.2, 0.25) is 0 Å². The van der Waals surface area contributed by atoms with Crippen LogP contribution in [0.5, 0.6) is 0 Å². The SMILES string of the molecule is O=C(NC1C2CNCC21)c1cc(Cl)ccc1Cl. The van der Waals surface area contributed by atoms with Crippen LogP contribution in [-0.2, 0) is 0 Å². The van der Waals surface area contributed by atoms with Crippen molar-refractivity contribution in [3.8, 4) is 0 Å². The second kappa shape index (κ2) is 4.16. The Bertz CT molecular complexity index is 468. The van der Waals surface area contributed by atoms with E-state index in [4.69, 9.17) is 23.2 Å². The van der Waals surface area contributed by atoms with Crippen LogP contribution in [0.25, 0.3) is 0 Å². The van der Waals surface area contributed by atoms with Gasteiger partial charge in [-0.1, -0.05) is 23.2 Å². The van der Waals surface area contributed by atoms with Crippen LogP contribution in [0.1, 0.15) is 10.4 Å². The second-order valence-electron chi connectivity index (χ2n) is 4.61. The lowest BCUT2D eigenvalue weighted by molar-refractivity contribution is 0.0946. The molecule has 0 aromatic heterocycles. The fraction of sp³-hybridized carbons (Fsp3) is 0.417. The Morgan fingerprint density at radius 2 is 2.00 bits per heavy atom. The summed E-state index contributed by atoms with van der Waals surface area (Å²) in [6.45, 7) is 2.00. The summed E-state index contributed by atoms with van der Waals surface area (Å²) in [4.78, 5) is 12.0. The van der Waals surface area contributed by atoms with Gasteiger partial charge in [-0.25, -0.2) is 0 Å². The quantitative estimate of drug-likeness (QED) is 0.863. The van der Waals surface area contributed by atoms with Crippen LogP contribution in [0.4, 0.5) is 0 Å². The van der Waals surface area contributed by atoms with Crippen molar-refractivity contribution in [2.45, 2.75) is 6.04 Å². The van der Waals surface area contributed by atoms with E-state index in [1.807, 2.05) is 0 Å². The lowest BCUT2D eigenvalue weighted by atomic mass is 10.2. The molecule has 1 amide bonds. The van der Waals surface area contributed by atoms with E-state index in [-0.39, 0.29) is 5.91 Å². The molecule has 17 heavy (non-hydrogen) atoms. The molecule has 2 atom stereocenters. The van der Waals surface area contributed by atoms with Crippen molar-refractivity contribution in [3.05, 3.63) is 33.8 Å². The van der Waals surface area contributed by atoms with E-state index in [1.165, 1.54) is 0 Å². The Labute approximate surface area is 109 Å². The Hall–Kier alpha value is -0.770. The van der Waals surface area contributed by atoms with Gasteiger partial charge in [0.15, 0.2) is 0 Å². The number of nitrogens with one attached hydrogen (secondary N) is 2. The smallest absolute Gasteiger partial charge is 0.253 e. The number of fused-ring (bicyclic) bond motifs is 1. The van der Waals surface area contributed by atoms with Crippen molar-refractivity contribution in [1.82, 2.24) is 10.6 Å². The fourth-order valence-corrected chi connectivity index (χ4v) is 2.91. The predicted molar refractivity (Wildman–Crippen MR) is 67.6 cm³/mol. The molecule has 1 saturated carbocycles. The third kappa shape index (κ3) is 2.03. The van der Waals surface area contributed by atoms with Crippen molar-refractivity contribution >= 4 is 29.1 Å². The predicted octanol–water partition coefficient (Wildman–Crippen LogP) is 1.94. The van der Waals surface area contributed by atoms with E-state index < -0.39 is 0 Å². The summed E-state index contributed by atoms with van der Waals surface area (Å²) in [5.41, 5.74) is 0.456. The van der Waals surface area contributed by atoms with Crippen molar-refractivity contribution in [2.24, 2.45) is 11.8 Å². The Morgan fingerprint density at radius 1 is 1.29 bits per heavy atom. The Balaban J connectivity index is 1.72. The largest absolute Gasteiger partial charge is 0.349 e. The van der Waals surface area contributed by atoms with E-state index in [2.05, 4.69) is 10.6 Å². The van der Waals surface area contributed by atoms with E-state index >= 15 is 0 Å². The average Bonchev–Trinajstić information content (AvgIpc) is 2.76. The second-order valence-corrected chi connectivity index (χ2v) is 5.45. The number of amides is 1. The van der Waals surface area contributed by atoms with Gasteiger partial charge in [0, 0.05) is 24.2 Å². The van der Waals surface area contributed by atoms with Gasteiger partial charge in [0.1, 0.15) is 0 Å². The molecule has 1 aromatic carbocycles. The van der Waals surface area contributed by atoms with E-state index in [9.17, 15) is 4.79 Å². The maximum absolute atomic E-state index is 12.0. The maximum atomic E-state index is 12.0. The van der Waals surface area contributed by atoms with Crippen molar-refractivity contribution in [3.63, 3.8) is 0 Å². The molecule has 2 aliphatic rings. The molecule has 2 unspecified atom stereocenters. The number of hydrogen-bond acceptors (Lipinski definition) is 2. The number of rotatable bonds is 2. The summed E-state index contributed by atoms with van der Waals surface area (Å²) < 4.78 is 0. The monoisotopic (exact) mass is 270 g/mol. The van der Waals surface area contributed by atoms with Gasteiger partial charge in [0.25, 0.3) is 5.91 Å². The van der Waals surface area contributed by atoms with Crippen molar-refractivity contribution < 1.29 is 4.79 Å². The highest BCUT2D eigenvalue weighted by atomic mass is 35.5.